The maximum Gasteiger partial charge on any atom is 0.228 e. The summed E-state index contributed by atoms with van der Waals surface area (Å²) >= 11 is 0. The molecule has 1 atom stereocenters. The van der Waals surface area contributed by atoms with Gasteiger partial charge in [-0.05, 0) is 25.0 Å². The van der Waals surface area contributed by atoms with E-state index in [1.165, 1.54) is 0 Å². The van der Waals surface area contributed by atoms with Gasteiger partial charge in [-0.15, -0.1) is 0 Å². The largest absolute Gasteiger partial charge is 0.361 e. The molecule has 26 heavy (non-hydrogen) atoms. The van der Waals surface area contributed by atoms with Crippen LogP contribution in [0.4, 0.5) is 0 Å². The Labute approximate surface area is 152 Å². The maximum atomic E-state index is 12.7. The van der Waals surface area contributed by atoms with E-state index in [9.17, 15) is 9.59 Å². The van der Waals surface area contributed by atoms with Gasteiger partial charge in [0.2, 0.25) is 11.8 Å². The van der Waals surface area contributed by atoms with Gasteiger partial charge < -0.3 is 14.3 Å². The number of rotatable bonds is 6. The molecule has 2 fully saturated rings. The van der Waals surface area contributed by atoms with E-state index >= 15 is 0 Å². The van der Waals surface area contributed by atoms with Crippen LogP contribution < -0.4 is 0 Å². The van der Waals surface area contributed by atoms with Crippen LogP contribution in [0.5, 0.6) is 0 Å². The zero-order chi connectivity index (χ0) is 18.1. The smallest absolute Gasteiger partial charge is 0.228 e. The number of amides is 2. The van der Waals surface area contributed by atoms with Gasteiger partial charge in [0.05, 0.1) is 24.7 Å². The van der Waals surface area contributed by atoms with Crippen LogP contribution in [0.15, 0.2) is 35.0 Å². The topological polar surface area (TPSA) is 79.5 Å². The first-order chi connectivity index (χ1) is 12.6. The van der Waals surface area contributed by atoms with Crippen LogP contribution in [-0.4, -0.2) is 45.3 Å². The average molecular weight is 354 g/mol. The van der Waals surface area contributed by atoms with E-state index in [-0.39, 0.29) is 24.2 Å². The van der Waals surface area contributed by atoms with Gasteiger partial charge in [-0.1, -0.05) is 11.2 Å². The van der Waals surface area contributed by atoms with Crippen LogP contribution in [0.3, 0.4) is 0 Å². The molecule has 3 heterocycles. The fourth-order valence-corrected chi connectivity index (χ4v) is 3.37. The summed E-state index contributed by atoms with van der Waals surface area (Å²) in [5, 5.41) is 4.06. The normalized spacial score (nSPS) is 19.8. The lowest BCUT2D eigenvalue weighted by atomic mass is 10.1. The molecule has 2 aromatic heterocycles. The number of likely N-dealkylation sites (tertiary alicyclic amines) is 1. The van der Waals surface area contributed by atoms with E-state index in [1.54, 1.807) is 23.0 Å². The summed E-state index contributed by atoms with van der Waals surface area (Å²) in [6, 6.07) is 7.56. The molecule has 0 radical (unpaired) electrons. The fraction of sp³-hybridized carbons (Fsp3) is 0.474. The summed E-state index contributed by atoms with van der Waals surface area (Å²) < 4.78 is 5.34. The molecule has 0 bridgehead atoms. The second-order valence-corrected chi connectivity index (χ2v) is 7.19. The number of hydrogen-bond acceptors (Lipinski definition) is 5. The first kappa shape index (κ1) is 16.8. The number of nitrogens with zero attached hydrogens (tertiary/aromatic N) is 4. The van der Waals surface area contributed by atoms with Crippen molar-refractivity contribution in [3.63, 3.8) is 0 Å². The molecule has 0 unspecified atom stereocenters. The van der Waals surface area contributed by atoms with Crippen molar-refractivity contribution in [2.24, 2.45) is 5.92 Å². The molecule has 0 spiro atoms. The van der Waals surface area contributed by atoms with E-state index in [1.807, 2.05) is 24.3 Å². The lowest BCUT2D eigenvalue weighted by Crippen LogP contribution is -2.34. The van der Waals surface area contributed by atoms with Gasteiger partial charge in [0.25, 0.3) is 0 Å². The molecule has 2 aliphatic rings. The van der Waals surface area contributed by atoms with E-state index in [4.69, 9.17) is 4.52 Å². The summed E-state index contributed by atoms with van der Waals surface area (Å²) in [6.45, 7) is 1.28. The Bertz CT molecular complexity index is 800. The number of aromatic nitrogens is 2. The predicted octanol–water partition coefficient (Wildman–Crippen LogP) is 1.95. The number of pyridine rings is 1. The molecule has 0 N–H and O–H groups in total. The van der Waals surface area contributed by atoms with Gasteiger partial charge in [0, 0.05) is 38.2 Å². The van der Waals surface area contributed by atoms with Gasteiger partial charge in [-0.3, -0.25) is 14.6 Å². The third-order valence-electron chi connectivity index (χ3n) is 4.98. The van der Waals surface area contributed by atoms with Crippen molar-refractivity contribution in [2.45, 2.75) is 38.3 Å². The molecule has 0 aromatic carbocycles. The molecule has 136 valence electrons. The monoisotopic (exact) mass is 354 g/mol. The predicted molar refractivity (Wildman–Crippen MR) is 92.7 cm³/mol. The van der Waals surface area contributed by atoms with E-state index < -0.39 is 0 Å². The quantitative estimate of drug-likeness (QED) is 0.792. The molecule has 1 aliphatic heterocycles. The molecule has 2 amide bonds. The second kappa shape index (κ2) is 6.90. The van der Waals surface area contributed by atoms with Gasteiger partial charge in [-0.25, -0.2) is 0 Å². The first-order valence-electron chi connectivity index (χ1n) is 8.98. The minimum Gasteiger partial charge on any atom is -0.361 e. The Morgan fingerprint density at radius 3 is 2.92 bits per heavy atom. The van der Waals surface area contributed by atoms with Crippen molar-refractivity contribution in [3.8, 4) is 0 Å². The van der Waals surface area contributed by atoms with E-state index in [2.05, 4.69) is 10.1 Å². The molecule has 1 saturated carbocycles. The van der Waals surface area contributed by atoms with E-state index in [0.29, 0.717) is 25.6 Å². The van der Waals surface area contributed by atoms with Crippen molar-refractivity contribution < 1.29 is 14.1 Å². The van der Waals surface area contributed by atoms with Crippen LogP contribution in [0, 0.1) is 5.92 Å². The zero-order valence-electron chi connectivity index (χ0n) is 14.8. The third kappa shape index (κ3) is 3.61. The zero-order valence-corrected chi connectivity index (χ0v) is 14.8. The minimum atomic E-state index is -0.314. The summed E-state index contributed by atoms with van der Waals surface area (Å²) in [4.78, 5) is 32.6. The lowest BCUT2D eigenvalue weighted by Gasteiger charge is -2.20. The molecule has 2 aromatic rings. The van der Waals surface area contributed by atoms with Crippen molar-refractivity contribution in [2.75, 3.05) is 13.6 Å². The molecule has 1 aliphatic carbocycles. The fourth-order valence-electron chi connectivity index (χ4n) is 3.37. The van der Waals surface area contributed by atoms with Gasteiger partial charge >= 0.3 is 0 Å². The van der Waals surface area contributed by atoms with Crippen LogP contribution in [0.1, 0.15) is 42.3 Å². The average Bonchev–Trinajstić information content (AvgIpc) is 3.29. The standard InChI is InChI=1S/C19H22N4O3/c1-22(11-16-9-17(26-21-16)13-5-6-13)19(25)14-8-18(24)23(10-14)12-15-4-2-3-7-20-15/h2-4,7,9,13-14H,5-6,8,10-12H2,1H3/t14-/m1/s1. The van der Waals surface area contributed by atoms with Crippen LogP contribution >= 0.6 is 0 Å². The van der Waals surface area contributed by atoms with Crippen LogP contribution in [0.25, 0.3) is 0 Å². The second-order valence-electron chi connectivity index (χ2n) is 7.19. The van der Waals surface area contributed by atoms with Crippen LogP contribution in [-0.2, 0) is 22.7 Å². The SMILES string of the molecule is CN(Cc1cc(C2CC2)on1)C(=O)[C@@H]1CC(=O)N(Cc2ccccn2)C1. The first-order valence-corrected chi connectivity index (χ1v) is 8.98. The molecule has 4 rings (SSSR count). The number of hydrogen-bond donors (Lipinski definition) is 0. The minimum absolute atomic E-state index is 0.000131. The lowest BCUT2D eigenvalue weighted by molar-refractivity contribution is -0.135. The van der Waals surface area contributed by atoms with Crippen molar-refractivity contribution >= 4 is 11.8 Å². The summed E-state index contributed by atoms with van der Waals surface area (Å²) in [5.74, 6) is 1.08. The Morgan fingerprint density at radius 2 is 2.19 bits per heavy atom. The highest BCUT2D eigenvalue weighted by atomic mass is 16.5. The maximum absolute atomic E-state index is 12.7. The Kier molecular flexibility index (Phi) is 4.44. The summed E-state index contributed by atoms with van der Waals surface area (Å²) in [5.41, 5.74) is 1.59. The Morgan fingerprint density at radius 1 is 1.35 bits per heavy atom. The summed E-state index contributed by atoms with van der Waals surface area (Å²) in [6.07, 6.45) is 4.27. The Hall–Kier alpha value is -2.70. The molecular weight excluding hydrogens is 332 g/mol. The number of carbonyl (C=O) groups excluding carboxylic acids is 2. The molecule has 1 saturated heterocycles. The highest BCUT2D eigenvalue weighted by Gasteiger charge is 2.36. The van der Waals surface area contributed by atoms with Crippen molar-refractivity contribution in [3.05, 3.63) is 47.6 Å². The molecule has 7 nitrogen and oxygen atoms in total. The summed E-state index contributed by atoms with van der Waals surface area (Å²) in [7, 11) is 1.75. The Balaban J connectivity index is 1.34. The third-order valence-corrected chi connectivity index (χ3v) is 4.98. The van der Waals surface area contributed by atoms with Crippen molar-refractivity contribution in [1.29, 1.82) is 0 Å². The molecular formula is C19H22N4O3. The van der Waals surface area contributed by atoms with Gasteiger partial charge in [-0.2, -0.15) is 0 Å². The van der Waals surface area contributed by atoms with E-state index in [0.717, 1.165) is 30.0 Å². The highest BCUT2D eigenvalue weighted by Crippen LogP contribution is 2.40. The van der Waals surface area contributed by atoms with Gasteiger partial charge in [0.15, 0.2) is 0 Å². The van der Waals surface area contributed by atoms with Gasteiger partial charge in [0.1, 0.15) is 11.5 Å². The molecule has 7 heteroatoms. The highest BCUT2D eigenvalue weighted by molar-refractivity contribution is 5.89. The number of carbonyl (C=O) groups is 2. The van der Waals surface area contributed by atoms with Crippen LogP contribution in [0.2, 0.25) is 0 Å². The van der Waals surface area contributed by atoms with Crippen molar-refractivity contribution in [1.82, 2.24) is 19.9 Å².